The minimum atomic E-state index is -1.21. The maximum Gasteiger partial charge on any atom is 0.411 e. The second-order valence-electron chi connectivity index (χ2n) is 8.15. The number of anilines is 1. The Kier molecular flexibility index (Phi) is 7.82. The molecule has 2 N–H and O–H groups in total. The van der Waals surface area contributed by atoms with Gasteiger partial charge in [0.05, 0.1) is 0 Å². The van der Waals surface area contributed by atoms with Crippen molar-refractivity contribution in [1.82, 2.24) is 4.90 Å². The van der Waals surface area contributed by atoms with E-state index in [-0.39, 0.29) is 6.61 Å². The average Bonchev–Trinajstić information content (AvgIpc) is 2.58. The van der Waals surface area contributed by atoms with Crippen LogP contribution in [0.15, 0.2) is 36.9 Å². The molecule has 8 heteroatoms. The Balaban J connectivity index is 3.16. The molecule has 0 aliphatic rings. The van der Waals surface area contributed by atoms with Gasteiger partial charge >= 0.3 is 18.2 Å². The van der Waals surface area contributed by atoms with Crippen LogP contribution in [-0.2, 0) is 19.7 Å². The van der Waals surface area contributed by atoms with Crippen molar-refractivity contribution in [2.45, 2.75) is 51.7 Å². The Labute approximate surface area is 171 Å². The summed E-state index contributed by atoms with van der Waals surface area (Å²) >= 11 is 0. The van der Waals surface area contributed by atoms with E-state index in [1.54, 1.807) is 58.9 Å². The number of aliphatic carboxylic acids is 1. The lowest BCUT2D eigenvalue weighted by molar-refractivity contribution is -0.145. The molecular weight excluding hydrogens is 376 g/mol. The van der Waals surface area contributed by atoms with E-state index in [1.165, 1.54) is 13.1 Å². The number of rotatable bonds is 7. The molecule has 0 radical (unpaired) electrons. The monoisotopic (exact) mass is 406 g/mol. The van der Waals surface area contributed by atoms with E-state index in [0.29, 0.717) is 11.3 Å². The minimum Gasteiger partial charge on any atom is -0.480 e. The standard InChI is InChI=1S/C21H30N2O6/c1-8-12-28-18(26)22-15-11-9-10-14(13-15)21(5,6)16(17(24)25)23(7)19(27)29-20(2,3)4/h8-11,13,16H,1,12H2,2-7H3,(H,22,26)(H,24,25). The number of carbonyl (C=O) groups excluding carboxylic acids is 2. The van der Waals surface area contributed by atoms with Crippen LogP contribution in [-0.4, -0.2) is 53.5 Å². The maximum absolute atomic E-state index is 12.5. The molecule has 1 rings (SSSR count). The van der Waals surface area contributed by atoms with Gasteiger partial charge in [-0.05, 0) is 38.5 Å². The third-order valence-electron chi connectivity index (χ3n) is 4.17. The molecule has 1 unspecified atom stereocenters. The zero-order valence-corrected chi connectivity index (χ0v) is 17.8. The normalized spacial score (nSPS) is 12.5. The van der Waals surface area contributed by atoms with Gasteiger partial charge in [-0.1, -0.05) is 38.6 Å². The molecule has 8 nitrogen and oxygen atoms in total. The van der Waals surface area contributed by atoms with Crippen LogP contribution >= 0.6 is 0 Å². The summed E-state index contributed by atoms with van der Waals surface area (Å²) in [5, 5.41) is 12.4. The van der Waals surface area contributed by atoms with Gasteiger partial charge in [0.15, 0.2) is 0 Å². The number of carboxylic acid groups (broad SMARTS) is 1. The number of carboxylic acids is 1. The molecule has 0 saturated carbocycles. The summed E-state index contributed by atoms with van der Waals surface area (Å²) in [5.74, 6) is -1.17. The van der Waals surface area contributed by atoms with Crippen molar-refractivity contribution in [3.63, 3.8) is 0 Å². The van der Waals surface area contributed by atoms with Crippen LogP contribution in [0.25, 0.3) is 0 Å². The summed E-state index contributed by atoms with van der Waals surface area (Å²) in [6.07, 6.45) is 0.0593. The van der Waals surface area contributed by atoms with E-state index in [4.69, 9.17) is 9.47 Å². The zero-order valence-electron chi connectivity index (χ0n) is 17.8. The minimum absolute atomic E-state index is 0.0682. The number of amides is 2. The highest BCUT2D eigenvalue weighted by Gasteiger charge is 2.43. The Hall–Kier alpha value is -3.03. The van der Waals surface area contributed by atoms with E-state index in [2.05, 4.69) is 11.9 Å². The highest BCUT2D eigenvalue weighted by Crippen LogP contribution is 2.32. The SMILES string of the molecule is C=CCOC(=O)Nc1cccc(C(C)(C)C(C(=O)O)N(C)C(=O)OC(C)(C)C)c1. The number of nitrogens with one attached hydrogen (secondary N) is 1. The molecule has 1 aromatic carbocycles. The molecule has 29 heavy (non-hydrogen) atoms. The van der Waals surface area contributed by atoms with Gasteiger partial charge in [0, 0.05) is 18.2 Å². The number of ether oxygens (including phenoxy) is 2. The van der Waals surface area contributed by atoms with Crippen molar-refractivity contribution in [2.75, 3.05) is 19.0 Å². The summed E-state index contributed by atoms with van der Waals surface area (Å²) < 4.78 is 10.2. The molecule has 0 aliphatic carbocycles. The topological polar surface area (TPSA) is 105 Å². The Morgan fingerprint density at radius 2 is 1.86 bits per heavy atom. The first-order valence-electron chi connectivity index (χ1n) is 9.13. The first-order chi connectivity index (χ1) is 13.3. The first-order valence-corrected chi connectivity index (χ1v) is 9.13. The largest absolute Gasteiger partial charge is 0.480 e. The van der Waals surface area contributed by atoms with Gasteiger partial charge in [0.1, 0.15) is 18.2 Å². The van der Waals surface area contributed by atoms with Crippen LogP contribution < -0.4 is 5.32 Å². The fourth-order valence-corrected chi connectivity index (χ4v) is 2.84. The molecule has 0 spiro atoms. The van der Waals surface area contributed by atoms with Crippen molar-refractivity contribution >= 4 is 23.8 Å². The summed E-state index contributed by atoms with van der Waals surface area (Å²) in [4.78, 5) is 37.4. The average molecular weight is 406 g/mol. The fraction of sp³-hybridized carbons (Fsp3) is 0.476. The smallest absolute Gasteiger partial charge is 0.411 e. The lowest BCUT2D eigenvalue weighted by Crippen LogP contribution is -2.54. The van der Waals surface area contributed by atoms with Gasteiger partial charge in [-0.2, -0.15) is 0 Å². The van der Waals surface area contributed by atoms with Crippen molar-refractivity contribution in [3.8, 4) is 0 Å². The van der Waals surface area contributed by atoms with Gasteiger partial charge in [0.2, 0.25) is 0 Å². The van der Waals surface area contributed by atoms with E-state index < -0.39 is 35.2 Å². The summed E-state index contributed by atoms with van der Waals surface area (Å²) in [6.45, 7) is 12.1. The predicted octanol–water partition coefficient (Wildman–Crippen LogP) is 4.02. The highest BCUT2D eigenvalue weighted by molar-refractivity contribution is 5.85. The molecule has 1 aromatic rings. The number of hydrogen-bond donors (Lipinski definition) is 2. The number of likely N-dealkylation sites (N-methyl/N-ethyl adjacent to an activating group) is 1. The quantitative estimate of drug-likeness (QED) is 0.663. The van der Waals surface area contributed by atoms with Gasteiger partial charge in [-0.15, -0.1) is 0 Å². The molecule has 0 aromatic heterocycles. The summed E-state index contributed by atoms with van der Waals surface area (Å²) in [6, 6.07) is 5.52. The van der Waals surface area contributed by atoms with Crippen LogP contribution in [0, 0.1) is 0 Å². The van der Waals surface area contributed by atoms with Gasteiger partial charge in [-0.3, -0.25) is 10.2 Å². The Morgan fingerprint density at radius 3 is 2.38 bits per heavy atom. The molecule has 0 bridgehead atoms. The van der Waals surface area contributed by atoms with Gasteiger partial charge in [-0.25, -0.2) is 14.4 Å². The molecule has 160 valence electrons. The zero-order chi connectivity index (χ0) is 22.4. The van der Waals surface area contributed by atoms with E-state index in [1.807, 2.05) is 0 Å². The number of hydrogen-bond acceptors (Lipinski definition) is 5. The molecule has 0 aliphatic heterocycles. The van der Waals surface area contributed by atoms with E-state index in [0.717, 1.165) is 4.90 Å². The fourth-order valence-electron chi connectivity index (χ4n) is 2.84. The van der Waals surface area contributed by atoms with Crippen LogP contribution in [0.3, 0.4) is 0 Å². The molecule has 1 atom stereocenters. The second kappa shape index (κ2) is 9.45. The molecule has 0 fully saturated rings. The maximum atomic E-state index is 12.5. The molecular formula is C21H30N2O6. The van der Waals surface area contributed by atoms with E-state index >= 15 is 0 Å². The Bertz CT molecular complexity index is 767. The predicted molar refractivity (Wildman–Crippen MR) is 110 cm³/mol. The summed E-state index contributed by atoms with van der Waals surface area (Å²) in [5.41, 5.74) is -0.704. The molecule has 2 amide bonds. The van der Waals surface area contributed by atoms with Crippen LogP contribution in [0.4, 0.5) is 15.3 Å². The lowest BCUT2D eigenvalue weighted by atomic mass is 9.77. The third kappa shape index (κ3) is 6.81. The molecule has 0 heterocycles. The van der Waals surface area contributed by atoms with Crippen molar-refractivity contribution < 1.29 is 29.0 Å². The third-order valence-corrected chi connectivity index (χ3v) is 4.17. The van der Waals surface area contributed by atoms with Crippen LogP contribution in [0.2, 0.25) is 0 Å². The molecule has 0 saturated heterocycles. The van der Waals surface area contributed by atoms with Gasteiger partial charge in [0.25, 0.3) is 0 Å². The number of carbonyl (C=O) groups is 3. The highest BCUT2D eigenvalue weighted by atomic mass is 16.6. The van der Waals surface area contributed by atoms with Crippen molar-refractivity contribution in [3.05, 3.63) is 42.5 Å². The van der Waals surface area contributed by atoms with Crippen molar-refractivity contribution in [2.24, 2.45) is 0 Å². The van der Waals surface area contributed by atoms with Gasteiger partial charge < -0.3 is 14.6 Å². The number of nitrogens with zero attached hydrogens (tertiary/aromatic N) is 1. The Morgan fingerprint density at radius 1 is 1.24 bits per heavy atom. The van der Waals surface area contributed by atoms with Crippen molar-refractivity contribution in [1.29, 1.82) is 0 Å². The lowest BCUT2D eigenvalue weighted by Gasteiger charge is -2.38. The number of benzene rings is 1. The van der Waals surface area contributed by atoms with Crippen LogP contribution in [0.1, 0.15) is 40.2 Å². The summed E-state index contributed by atoms with van der Waals surface area (Å²) in [7, 11) is 1.39. The first kappa shape index (κ1) is 24.0. The van der Waals surface area contributed by atoms with E-state index in [9.17, 15) is 19.5 Å². The second-order valence-corrected chi connectivity index (χ2v) is 8.15. The van der Waals surface area contributed by atoms with Crippen LogP contribution in [0.5, 0.6) is 0 Å².